The van der Waals surface area contributed by atoms with E-state index in [4.69, 9.17) is 0 Å². The number of hydrogen-bond acceptors (Lipinski definition) is 3. The van der Waals surface area contributed by atoms with Crippen molar-refractivity contribution < 1.29 is 0 Å². The van der Waals surface area contributed by atoms with Gasteiger partial charge in [-0.05, 0) is 30.7 Å². The molecule has 0 bridgehead atoms. The van der Waals surface area contributed by atoms with E-state index in [1.54, 1.807) is 12.4 Å². The number of nitrogens with zero attached hydrogens (tertiary/aromatic N) is 3. The lowest BCUT2D eigenvalue weighted by atomic mass is 9.98. The summed E-state index contributed by atoms with van der Waals surface area (Å²) in [6.07, 6.45) is 6.99. The van der Waals surface area contributed by atoms with Gasteiger partial charge in [0.05, 0.1) is 0 Å². The molecule has 96 valence electrons. The fourth-order valence-electron chi connectivity index (χ4n) is 2.31. The van der Waals surface area contributed by atoms with Crippen molar-refractivity contribution in [1.29, 1.82) is 0 Å². The zero-order valence-electron chi connectivity index (χ0n) is 11.1. The van der Waals surface area contributed by atoms with Gasteiger partial charge >= 0.3 is 0 Å². The Morgan fingerprint density at radius 3 is 2.32 bits per heavy atom. The first-order chi connectivity index (χ1) is 9.33. The molecule has 0 atom stereocenters. The van der Waals surface area contributed by atoms with E-state index in [-0.39, 0.29) is 0 Å². The molecule has 1 aliphatic heterocycles. The lowest BCUT2D eigenvalue weighted by Gasteiger charge is -2.22. The first-order valence-electron chi connectivity index (χ1n) is 6.58. The monoisotopic (exact) mass is 251 g/mol. The van der Waals surface area contributed by atoms with Crippen LogP contribution in [0.25, 0.3) is 17.0 Å². The van der Waals surface area contributed by atoms with Gasteiger partial charge < -0.3 is 4.90 Å². The molecule has 3 heteroatoms. The van der Waals surface area contributed by atoms with Gasteiger partial charge in [-0.2, -0.15) is 0 Å². The van der Waals surface area contributed by atoms with Crippen LogP contribution in [-0.4, -0.2) is 35.0 Å². The first-order valence-corrected chi connectivity index (χ1v) is 6.58. The predicted molar refractivity (Wildman–Crippen MR) is 77.6 cm³/mol. The van der Waals surface area contributed by atoms with Crippen molar-refractivity contribution >= 4 is 5.57 Å². The highest BCUT2D eigenvalue weighted by Crippen LogP contribution is 2.24. The molecule has 2 heterocycles. The van der Waals surface area contributed by atoms with Crippen LogP contribution in [0.15, 0.2) is 48.8 Å². The standard InChI is InChI=1S/C16H17N3/c1-19-11-7-14(8-12-19)13-3-5-15(6-4-13)16-17-9-2-10-18-16/h2-7,9-10H,8,11-12H2,1H3. The van der Waals surface area contributed by atoms with Crippen molar-refractivity contribution in [2.75, 3.05) is 20.1 Å². The van der Waals surface area contributed by atoms with Crippen molar-refractivity contribution in [1.82, 2.24) is 14.9 Å². The maximum absolute atomic E-state index is 4.27. The molecule has 3 rings (SSSR count). The third-order valence-electron chi connectivity index (χ3n) is 3.49. The van der Waals surface area contributed by atoms with Crippen LogP contribution in [0.5, 0.6) is 0 Å². The Labute approximate surface area is 113 Å². The van der Waals surface area contributed by atoms with Crippen molar-refractivity contribution in [3.63, 3.8) is 0 Å². The maximum atomic E-state index is 4.27. The number of aromatic nitrogens is 2. The maximum Gasteiger partial charge on any atom is 0.159 e. The molecule has 3 nitrogen and oxygen atoms in total. The Morgan fingerprint density at radius 2 is 1.68 bits per heavy atom. The molecule has 19 heavy (non-hydrogen) atoms. The fraction of sp³-hybridized carbons (Fsp3) is 0.250. The highest BCUT2D eigenvalue weighted by atomic mass is 15.1. The van der Waals surface area contributed by atoms with Gasteiger partial charge in [0, 0.05) is 31.0 Å². The minimum absolute atomic E-state index is 0.784. The number of benzene rings is 1. The van der Waals surface area contributed by atoms with Crippen molar-refractivity contribution in [2.45, 2.75) is 6.42 Å². The molecule has 0 fully saturated rings. The molecule has 0 N–H and O–H groups in total. The van der Waals surface area contributed by atoms with E-state index < -0.39 is 0 Å². The molecule has 0 saturated carbocycles. The van der Waals surface area contributed by atoms with E-state index in [2.05, 4.69) is 52.3 Å². The van der Waals surface area contributed by atoms with Gasteiger partial charge in [-0.1, -0.05) is 30.3 Å². The van der Waals surface area contributed by atoms with Crippen molar-refractivity contribution in [3.8, 4) is 11.4 Å². The van der Waals surface area contributed by atoms with Crippen LogP contribution in [-0.2, 0) is 0 Å². The quantitative estimate of drug-likeness (QED) is 0.822. The molecule has 0 spiro atoms. The molecule has 1 aromatic carbocycles. The van der Waals surface area contributed by atoms with Crippen LogP contribution in [0.2, 0.25) is 0 Å². The summed E-state index contributed by atoms with van der Waals surface area (Å²) in [5.74, 6) is 0.784. The summed E-state index contributed by atoms with van der Waals surface area (Å²) in [6.45, 7) is 2.17. The van der Waals surface area contributed by atoms with E-state index in [0.29, 0.717) is 0 Å². The third-order valence-corrected chi connectivity index (χ3v) is 3.49. The lowest BCUT2D eigenvalue weighted by Crippen LogP contribution is -2.23. The molecule has 2 aromatic rings. The average Bonchev–Trinajstić information content (AvgIpc) is 2.49. The fourth-order valence-corrected chi connectivity index (χ4v) is 2.31. The van der Waals surface area contributed by atoms with E-state index in [0.717, 1.165) is 30.9 Å². The molecule has 0 aliphatic carbocycles. The van der Waals surface area contributed by atoms with E-state index in [1.165, 1.54) is 11.1 Å². The van der Waals surface area contributed by atoms with Gasteiger partial charge in [0.1, 0.15) is 0 Å². The molecule has 0 radical (unpaired) electrons. The zero-order chi connectivity index (χ0) is 13.1. The topological polar surface area (TPSA) is 29.0 Å². The van der Waals surface area contributed by atoms with E-state index >= 15 is 0 Å². The summed E-state index contributed by atoms with van der Waals surface area (Å²) >= 11 is 0. The molecule has 0 unspecified atom stereocenters. The minimum Gasteiger partial charge on any atom is -0.302 e. The summed E-state index contributed by atoms with van der Waals surface area (Å²) in [7, 11) is 2.16. The van der Waals surface area contributed by atoms with Crippen LogP contribution in [0.3, 0.4) is 0 Å². The first kappa shape index (κ1) is 12.1. The van der Waals surface area contributed by atoms with Crippen molar-refractivity contribution in [3.05, 3.63) is 54.4 Å². The minimum atomic E-state index is 0.784. The third kappa shape index (κ3) is 2.71. The van der Waals surface area contributed by atoms with Gasteiger partial charge in [0.25, 0.3) is 0 Å². The second-order valence-corrected chi connectivity index (χ2v) is 4.89. The van der Waals surface area contributed by atoms with Gasteiger partial charge in [-0.3, -0.25) is 0 Å². The Balaban J connectivity index is 1.84. The molecule has 1 aromatic heterocycles. The van der Waals surface area contributed by atoms with E-state index in [9.17, 15) is 0 Å². The SMILES string of the molecule is CN1CC=C(c2ccc(-c3ncccn3)cc2)CC1. The summed E-state index contributed by atoms with van der Waals surface area (Å²) in [4.78, 5) is 10.9. The average molecular weight is 251 g/mol. The van der Waals surface area contributed by atoms with Crippen LogP contribution in [0.1, 0.15) is 12.0 Å². The smallest absolute Gasteiger partial charge is 0.159 e. The number of rotatable bonds is 2. The van der Waals surface area contributed by atoms with Crippen LogP contribution in [0.4, 0.5) is 0 Å². The number of likely N-dealkylation sites (N-methyl/N-ethyl adjacent to an activating group) is 1. The second-order valence-electron chi connectivity index (χ2n) is 4.89. The Bertz CT molecular complexity index is 573. The van der Waals surface area contributed by atoms with Gasteiger partial charge in [0.15, 0.2) is 5.82 Å². The molecular formula is C16H17N3. The highest BCUT2D eigenvalue weighted by Gasteiger charge is 2.09. The van der Waals surface area contributed by atoms with Gasteiger partial charge in [-0.15, -0.1) is 0 Å². The second kappa shape index (κ2) is 5.33. The highest BCUT2D eigenvalue weighted by molar-refractivity contribution is 5.69. The Kier molecular flexibility index (Phi) is 3.38. The Hall–Kier alpha value is -2.00. The molecule has 0 saturated heterocycles. The zero-order valence-corrected chi connectivity index (χ0v) is 11.1. The van der Waals surface area contributed by atoms with Crippen LogP contribution < -0.4 is 0 Å². The molecule has 0 amide bonds. The normalized spacial score (nSPS) is 16.2. The summed E-state index contributed by atoms with van der Waals surface area (Å²) in [5, 5.41) is 0. The summed E-state index contributed by atoms with van der Waals surface area (Å²) in [5.41, 5.74) is 3.82. The number of hydrogen-bond donors (Lipinski definition) is 0. The van der Waals surface area contributed by atoms with Crippen LogP contribution in [0, 0.1) is 0 Å². The Morgan fingerprint density at radius 1 is 1.00 bits per heavy atom. The predicted octanol–water partition coefficient (Wildman–Crippen LogP) is 2.86. The molecule has 1 aliphatic rings. The summed E-state index contributed by atoms with van der Waals surface area (Å²) < 4.78 is 0. The molecular weight excluding hydrogens is 234 g/mol. The largest absolute Gasteiger partial charge is 0.302 e. The van der Waals surface area contributed by atoms with Gasteiger partial charge in [0.2, 0.25) is 0 Å². The van der Waals surface area contributed by atoms with Crippen LogP contribution >= 0.6 is 0 Å². The lowest BCUT2D eigenvalue weighted by molar-refractivity contribution is 0.370. The summed E-state index contributed by atoms with van der Waals surface area (Å²) in [6, 6.07) is 10.4. The van der Waals surface area contributed by atoms with Crippen molar-refractivity contribution in [2.24, 2.45) is 0 Å². The van der Waals surface area contributed by atoms with E-state index in [1.807, 2.05) is 6.07 Å². The van der Waals surface area contributed by atoms with Gasteiger partial charge in [-0.25, -0.2) is 9.97 Å².